The maximum Gasteiger partial charge on any atom is 0.263 e. The predicted octanol–water partition coefficient (Wildman–Crippen LogP) is 1.66. The van der Waals surface area contributed by atoms with Crippen molar-refractivity contribution in [2.24, 2.45) is 15.7 Å². The second kappa shape index (κ2) is 7.03. The highest BCUT2D eigenvalue weighted by Crippen LogP contribution is 2.68. The molecule has 2 fully saturated rings. The molecule has 1 spiro atoms. The Balaban J connectivity index is 0.00000137. The van der Waals surface area contributed by atoms with Gasteiger partial charge in [-0.05, 0) is 38.0 Å². The van der Waals surface area contributed by atoms with E-state index in [0.29, 0.717) is 36.1 Å². The quantitative estimate of drug-likeness (QED) is 0.537. The number of nitrogens with zero attached hydrogens (tertiary/aromatic N) is 4. The van der Waals surface area contributed by atoms with E-state index in [9.17, 15) is 9.35 Å². The van der Waals surface area contributed by atoms with E-state index in [0.717, 1.165) is 36.4 Å². The summed E-state index contributed by atoms with van der Waals surface area (Å²) in [4.78, 5) is 27.3. The number of carbonyl (C=O) groups excluding carboxylic acids is 1. The second-order valence-electron chi connectivity index (χ2n) is 8.83. The molecule has 4 heterocycles. The summed E-state index contributed by atoms with van der Waals surface area (Å²) >= 11 is 0. The van der Waals surface area contributed by atoms with Crippen molar-refractivity contribution in [2.75, 3.05) is 37.6 Å². The number of amides is 1. The molecule has 0 radical (unpaired) electrons. The van der Waals surface area contributed by atoms with Gasteiger partial charge in [-0.15, -0.1) is 10.8 Å². The molecule has 1 saturated heterocycles. The number of aliphatic imine (C=N–C) groups is 2. The molecule has 174 valence electrons. The van der Waals surface area contributed by atoms with Crippen LogP contribution in [0.4, 0.5) is 5.69 Å². The molecule has 11 heteroatoms. The van der Waals surface area contributed by atoms with Crippen molar-refractivity contribution in [3.05, 3.63) is 35.5 Å². The summed E-state index contributed by atoms with van der Waals surface area (Å²) in [7, 11) is -2.55. The number of benzene rings is 1. The molecule has 5 aliphatic rings. The molecule has 1 aromatic carbocycles. The second-order valence-corrected chi connectivity index (χ2v) is 10.7. The first-order valence-corrected chi connectivity index (χ1v) is 12.4. The number of hydrogen-bond acceptors (Lipinski definition) is 9. The monoisotopic (exact) mass is 461 g/mol. The zero-order valence-corrected chi connectivity index (χ0v) is 18.7. The zero-order chi connectivity index (χ0) is 22.1. The number of nitrogens with two attached hydrogens (primary N) is 1. The number of anilines is 1. The van der Waals surface area contributed by atoms with E-state index in [2.05, 4.69) is 31.8 Å². The highest BCUT2D eigenvalue weighted by Gasteiger charge is 2.60. The minimum absolute atomic E-state index is 0. The Bertz CT molecular complexity index is 1100. The minimum atomic E-state index is -2.55. The standard InChI is InChI=1S/C21H27N7O3S.2H2/c1-13-10-25-20-27(12-14(9-22)17-11-23-6-7-24-17)19(29)16-8-15(2-3-18(16)28(13)20)32(30)26-21(31-32)4-5-21;;/h2-3,8-9,13,23,26,30H,4-7,10-12,22H2,1H3;2*1H/b14-9-;;/t13-;;/m1../s1. The molecule has 1 aliphatic carbocycles. The summed E-state index contributed by atoms with van der Waals surface area (Å²) in [5.74, 6) is 0.464. The van der Waals surface area contributed by atoms with Crippen LogP contribution < -0.4 is 20.7 Å². The Morgan fingerprint density at radius 2 is 2.28 bits per heavy atom. The van der Waals surface area contributed by atoms with Gasteiger partial charge in [0.05, 0.1) is 47.5 Å². The highest BCUT2D eigenvalue weighted by molar-refractivity contribution is 8.24. The Kier molecular flexibility index (Phi) is 4.43. The first-order chi connectivity index (χ1) is 15.4. The van der Waals surface area contributed by atoms with Crippen LogP contribution in [0.1, 0.15) is 33.0 Å². The average molecular weight is 462 g/mol. The Morgan fingerprint density at radius 1 is 1.47 bits per heavy atom. The van der Waals surface area contributed by atoms with Crippen molar-refractivity contribution >= 4 is 34.0 Å². The maximum atomic E-state index is 13.7. The van der Waals surface area contributed by atoms with E-state index in [4.69, 9.17) is 9.92 Å². The minimum Gasteiger partial charge on any atom is -0.404 e. The molecule has 1 amide bonds. The average Bonchev–Trinajstić information content (AvgIpc) is 3.47. The predicted molar refractivity (Wildman–Crippen MR) is 128 cm³/mol. The zero-order valence-electron chi connectivity index (χ0n) is 17.9. The molecule has 0 aromatic heterocycles. The number of nitrogens with one attached hydrogen (secondary N) is 2. The highest BCUT2D eigenvalue weighted by atomic mass is 32.3. The van der Waals surface area contributed by atoms with Gasteiger partial charge in [0.2, 0.25) is 5.96 Å². The van der Waals surface area contributed by atoms with E-state index < -0.39 is 10.8 Å². The number of hydrogen-bond donors (Lipinski definition) is 4. The van der Waals surface area contributed by atoms with E-state index in [-0.39, 0.29) is 27.1 Å². The van der Waals surface area contributed by atoms with Crippen molar-refractivity contribution in [3.8, 4) is 0 Å². The van der Waals surface area contributed by atoms with Crippen LogP contribution >= 0.6 is 10.8 Å². The number of carbonyl (C=O) groups is 1. The number of fused-ring (bicyclic) bond motifs is 3. The van der Waals surface area contributed by atoms with Gasteiger partial charge in [0.15, 0.2) is 5.72 Å². The molecular formula is C21H31N7O3S. The molecule has 32 heavy (non-hydrogen) atoms. The van der Waals surface area contributed by atoms with Crippen LogP contribution in [0.2, 0.25) is 0 Å². The first kappa shape index (κ1) is 20.2. The lowest BCUT2D eigenvalue weighted by Gasteiger charge is -2.52. The van der Waals surface area contributed by atoms with Crippen LogP contribution in [0, 0.1) is 0 Å². The summed E-state index contributed by atoms with van der Waals surface area (Å²) in [6.45, 7) is 5.12. The normalized spacial score (nSPS) is 32.5. The fraction of sp³-hybridized carbons (Fsp3) is 0.476. The summed E-state index contributed by atoms with van der Waals surface area (Å²) < 4.78 is 20.0. The molecule has 2 atom stereocenters. The van der Waals surface area contributed by atoms with E-state index in [1.54, 1.807) is 11.0 Å². The van der Waals surface area contributed by atoms with Crippen molar-refractivity contribution in [3.63, 3.8) is 0 Å². The fourth-order valence-electron chi connectivity index (χ4n) is 4.63. The Hall–Kier alpha value is -2.44. The van der Waals surface area contributed by atoms with E-state index >= 15 is 0 Å². The fourth-order valence-corrected chi connectivity index (χ4v) is 6.72. The largest absolute Gasteiger partial charge is 0.404 e. The van der Waals surface area contributed by atoms with Gasteiger partial charge in [0.1, 0.15) is 0 Å². The van der Waals surface area contributed by atoms with Gasteiger partial charge < -0.3 is 16.0 Å². The van der Waals surface area contributed by atoms with Crippen LogP contribution in [0.25, 0.3) is 0 Å². The molecule has 4 aliphatic heterocycles. The van der Waals surface area contributed by atoms with Crippen molar-refractivity contribution < 1.29 is 16.4 Å². The van der Waals surface area contributed by atoms with Crippen LogP contribution in [0.3, 0.4) is 0 Å². The summed E-state index contributed by atoms with van der Waals surface area (Å²) in [5.41, 5.74) is 8.59. The third-order valence-corrected chi connectivity index (χ3v) is 8.61. The lowest BCUT2D eigenvalue weighted by molar-refractivity contribution is 0.0850. The van der Waals surface area contributed by atoms with Gasteiger partial charge in [-0.3, -0.25) is 24.2 Å². The van der Waals surface area contributed by atoms with E-state index in [1.165, 1.54) is 6.20 Å². The molecule has 0 bridgehead atoms. The number of rotatable bonds is 4. The van der Waals surface area contributed by atoms with Crippen molar-refractivity contribution in [1.82, 2.24) is 14.9 Å². The van der Waals surface area contributed by atoms with Crippen LogP contribution in [0.5, 0.6) is 0 Å². The SMILES string of the molecule is C[C@@H]1CN=C2N(C/C(=C/N)C3=NCCNC3)C(=O)c3cc(S4(O)NC5(CC5)O4)ccc3N21.[HH].[HH]. The van der Waals surface area contributed by atoms with Gasteiger partial charge in [-0.2, -0.15) is 4.72 Å². The lowest BCUT2D eigenvalue weighted by Crippen LogP contribution is -2.53. The molecule has 1 saturated carbocycles. The Morgan fingerprint density at radius 3 is 2.97 bits per heavy atom. The molecule has 1 unspecified atom stereocenters. The van der Waals surface area contributed by atoms with Gasteiger partial charge in [0, 0.05) is 27.7 Å². The van der Waals surface area contributed by atoms with Crippen molar-refractivity contribution in [2.45, 2.75) is 36.4 Å². The maximum absolute atomic E-state index is 13.7. The smallest absolute Gasteiger partial charge is 0.263 e. The first-order valence-electron chi connectivity index (χ1n) is 10.9. The van der Waals surface area contributed by atoms with Gasteiger partial charge in [0.25, 0.3) is 5.91 Å². The van der Waals surface area contributed by atoms with Crippen LogP contribution in [-0.4, -0.2) is 71.5 Å². The summed E-state index contributed by atoms with van der Waals surface area (Å²) in [5, 5.41) is 3.30. The third kappa shape index (κ3) is 3.00. The van der Waals surface area contributed by atoms with Gasteiger partial charge in [-0.25, -0.2) is 4.18 Å². The lowest BCUT2D eigenvalue weighted by atomic mass is 10.0. The molecule has 10 nitrogen and oxygen atoms in total. The molecule has 5 N–H and O–H groups in total. The van der Waals surface area contributed by atoms with E-state index in [1.807, 2.05) is 12.1 Å². The molecular weight excluding hydrogens is 430 g/mol. The van der Waals surface area contributed by atoms with Crippen LogP contribution in [-0.2, 0) is 4.18 Å². The molecule has 1 aromatic rings. The van der Waals surface area contributed by atoms with Crippen molar-refractivity contribution in [1.29, 1.82) is 0 Å². The number of guanidine groups is 1. The topological polar surface area (TPSA) is 128 Å². The van der Waals surface area contributed by atoms with Crippen LogP contribution in [0.15, 0.2) is 44.9 Å². The van der Waals surface area contributed by atoms with Gasteiger partial charge in [-0.1, -0.05) is 0 Å². The van der Waals surface area contributed by atoms with Gasteiger partial charge >= 0.3 is 0 Å². The Labute approximate surface area is 191 Å². The summed E-state index contributed by atoms with van der Waals surface area (Å²) in [6, 6.07) is 5.61. The summed E-state index contributed by atoms with van der Waals surface area (Å²) in [6.07, 6.45) is 3.33. The third-order valence-electron chi connectivity index (χ3n) is 6.51. The molecule has 6 rings (SSSR count).